The van der Waals surface area contributed by atoms with E-state index in [0.717, 1.165) is 47.5 Å². The lowest BCUT2D eigenvalue weighted by Gasteiger charge is -2.23. The highest BCUT2D eigenvalue weighted by molar-refractivity contribution is 7.19. The van der Waals surface area contributed by atoms with Gasteiger partial charge in [0.25, 0.3) is 0 Å². The minimum Gasteiger partial charge on any atom is -0.474 e. The second kappa shape index (κ2) is 6.54. The SMILES string of the molecule is Cn1cc(Nc2nc(OC3CCCCC3)c3c4c(sc3n2)CCC4)cn1. The summed E-state index contributed by atoms with van der Waals surface area (Å²) in [6.45, 7) is 0. The standard InChI is InChI=1S/C19H23N5OS/c1-24-11-12(10-20-24)21-19-22-17(25-13-6-3-2-4-7-13)16-14-8-5-9-15(14)26-18(16)23-19/h10-11,13H,2-9H2,1H3,(H,21,22,23). The van der Waals surface area contributed by atoms with Gasteiger partial charge in [0.05, 0.1) is 17.3 Å². The summed E-state index contributed by atoms with van der Waals surface area (Å²) in [4.78, 5) is 12.1. The molecule has 0 unspecified atom stereocenters. The first kappa shape index (κ1) is 16.1. The summed E-state index contributed by atoms with van der Waals surface area (Å²) in [7, 11) is 1.90. The average molecular weight is 369 g/mol. The number of anilines is 2. The normalized spacial score (nSPS) is 17.6. The molecule has 1 fully saturated rings. The highest BCUT2D eigenvalue weighted by Crippen LogP contribution is 2.41. The molecule has 0 saturated heterocycles. The lowest BCUT2D eigenvalue weighted by molar-refractivity contribution is 0.151. The first-order chi connectivity index (χ1) is 12.8. The molecule has 0 aliphatic heterocycles. The Bertz CT molecular complexity index is 941. The molecular weight excluding hydrogens is 346 g/mol. The van der Waals surface area contributed by atoms with Crippen molar-refractivity contribution >= 4 is 33.2 Å². The van der Waals surface area contributed by atoms with Crippen LogP contribution >= 0.6 is 11.3 Å². The second-order valence-electron chi connectivity index (χ2n) is 7.30. The van der Waals surface area contributed by atoms with Gasteiger partial charge in [-0.2, -0.15) is 10.1 Å². The quantitative estimate of drug-likeness (QED) is 0.740. The van der Waals surface area contributed by atoms with Crippen LogP contribution in [0.25, 0.3) is 10.2 Å². The maximum atomic E-state index is 6.43. The zero-order valence-electron chi connectivity index (χ0n) is 15.0. The van der Waals surface area contributed by atoms with E-state index in [1.54, 1.807) is 22.2 Å². The lowest BCUT2D eigenvalue weighted by Crippen LogP contribution is -2.20. The monoisotopic (exact) mass is 369 g/mol. The van der Waals surface area contributed by atoms with E-state index in [-0.39, 0.29) is 6.10 Å². The van der Waals surface area contributed by atoms with Crippen LogP contribution in [0.15, 0.2) is 12.4 Å². The van der Waals surface area contributed by atoms with E-state index in [9.17, 15) is 0 Å². The van der Waals surface area contributed by atoms with E-state index < -0.39 is 0 Å². The molecule has 1 N–H and O–H groups in total. The predicted molar refractivity (Wildman–Crippen MR) is 103 cm³/mol. The summed E-state index contributed by atoms with van der Waals surface area (Å²) in [6, 6.07) is 0. The summed E-state index contributed by atoms with van der Waals surface area (Å²) in [6.07, 6.45) is 13.6. The summed E-state index contributed by atoms with van der Waals surface area (Å²) in [5.41, 5.74) is 2.31. The highest BCUT2D eigenvalue weighted by atomic mass is 32.1. The highest BCUT2D eigenvalue weighted by Gasteiger charge is 2.25. The van der Waals surface area contributed by atoms with Crippen LogP contribution in [0.4, 0.5) is 11.6 Å². The van der Waals surface area contributed by atoms with E-state index in [2.05, 4.69) is 10.4 Å². The largest absolute Gasteiger partial charge is 0.474 e. The van der Waals surface area contributed by atoms with Crippen LogP contribution < -0.4 is 10.1 Å². The van der Waals surface area contributed by atoms with Crippen LogP contribution in [0.2, 0.25) is 0 Å². The molecule has 136 valence electrons. The number of hydrogen-bond acceptors (Lipinski definition) is 6. The van der Waals surface area contributed by atoms with Crippen molar-refractivity contribution < 1.29 is 4.74 Å². The maximum Gasteiger partial charge on any atom is 0.232 e. The summed E-state index contributed by atoms with van der Waals surface area (Å²) < 4.78 is 8.19. The molecule has 0 amide bonds. The summed E-state index contributed by atoms with van der Waals surface area (Å²) in [5.74, 6) is 1.36. The van der Waals surface area contributed by atoms with Gasteiger partial charge in [0, 0.05) is 18.1 Å². The van der Waals surface area contributed by atoms with Crippen molar-refractivity contribution in [3.05, 3.63) is 22.8 Å². The topological polar surface area (TPSA) is 64.9 Å². The number of hydrogen-bond donors (Lipinski definition) is 1. The second-order valence-corrected chi connectivity index (χ2v) is 8.38. The number of rotatable bonds is 4. The molecule has 6 nitrogen and oxygen atoms in total. The molecule has 7 heteroatoms. The van der Waals surface area contributed by atoms with Crippen LogP contribution in [0.3, 0.4) is 0 Å². The van der Waals surface area contributed by atoms with Gasteiger partial charge < -0.3 is 10.1 Å². The van der Waals surface area contributed by atoms with Gasteiger partial charge in [-0.05, 0) is 50.5 Å². The first-order valence-electron chi connectivity index (χ1n) is 9.51. The molecule has 3 aromatic rings. The van der Waals surface area contributed by atoms with Crippen molar-refractivity contribution in [1.82, 2.24) is 19.7 Å². The molecular formula is C19H23N5OS. The Balaban J connectivity index is 1.54. The first-order valence-corrected chi connectivity index (χ1v) is 10.3. The molecule has 0 spiro atoms. The molecule has 3 heterocycles. The number of thiophene rings is 1. The average Bonchev–Trinajstić information content (AvgIpc) is 3.32. The fourth-order valence-electron chi connectivity index (χ4n) is 4.06. The molecule has 3 aromatic heterocycles. The molecule has 2 aliphatic rings. The van der Waals surface area contributed by atoms with Crippen molar-refractivity contribution in [2.45, 2.75) is 57.5 Å². The van der Waals surface area contributed by atoms with Gasteiger partial charge in [-0.15, -0.1) is 11.3 Å². The fraction of sp³-hybridized carbons (Fsp3) is 0.526. The van der Waals surface area contributed by atoms with E-state index >= 15 is 0 Å². The minimum absolute atomic E-state index is 0.282. The molecule has 1 saturated carbocycles. The van der Waals surface area contributed by atoms with Gasteiger partial charge in [0.15, 0.2) is 0 Å². The predicted octanol–water partition coefficient (Wildman–Crippen LogP) is 4.37. The molecule has 0 radical (unpaired) electrons. The van der Waals surface area contributed by atoms with E-state index in [4.69, 9.17) is 14.7 Å². The molecule has 5 rings (SSSR count). The molecule has 0 bridgehead atoms. The Hall–Kier alpha value is -2.15. The smallest absolute Gasteiger partial charge is 0.232 e. The number of aryl methyl sites for hydroxylation is 3. The molecule has 0 atom stereocenters. The summed E-state index contributed by atoms with van der Waals surface area (Å²) >= 11 is 1.80. The number of ether oxygens (including phenoxy) is 1. The number of nitrogens with one attached hydrogen (secondary N) is 1. The lowest BCUT2D eigenvalue weighted by atomic mass is 9.98. The van der Waals surface area contributed by atoms with Gasteiger partial charge in [-0.25, -0.2) is 4.98 Å². The van der Waals surface area contributed by atoms with E-state index in [0.29, 0.717) is 5.95 Å². The third kappa shape index (κ3) is 2.94. The van der Waals surface area contributed by atoms with Crippen molar-refractivity contribution in [2.75, 3.05) is 5.32 Å². The Morgan fingerprint density at radius 2 is 2.04 bits per heavy atom. The van der Waals surface area contributed by atoms with Gasteiger partial charge in [-0.1, -0.05) is 6.42 Å². The van der Waals surface area contributed by atoms with Crippen LogP contribution in [0, 0.1) is 0 Å². The Kier molecular flexibility index (Phi) is 4.04. The summed E-state index contributed by atoms with van der Waals surface area (Å²) in [5, 5.41) is 8.64. The molecule has 0 aromatic carbocycles. The Morgan fingerprint density at radius 3 is 2.85 bits per heavy atom. The zero-order chi connectivity index (χ0) is 17.5. The van der Waals surface area contributed by atoms with Gasteiger partial charge in [-0.3, -0.25) is 4.68 Å². The maximum absolute atomic E-state index is 6.43. The van der Waals surface area contributed by atoms with Crippen molar-refractivity contribution in [3.8, 4) is 5.88 Å². The zero-order valence-corrected chi connectivity index (χ0v) is 15.8. The van der Waals surface area contributed by atoms with Crippen molar-refractivity contribution in [3.63, 3.8) is 0 Å². The van der Waals surface area contributed by atoms with Crippen LogP contribution in [-0.2, 0) is 19.9 Å². The third-order valence-corrected chi connectivity index (χ3v) is 6.51. The van der Waals surface area contributed by atoms with E-state index in [1.165, 1.54) is 36.1 Å². The number of fused-ring (bicyclic) bond motifs is 3. The van der Waals surface area contributed by atoms with E-state index in [1.807, 2.05) is 13.2 Å². The van der Waals surface area contributed by atoms with Crippen LogP contribution in [0.1, 0.15) is 49.0 Å². The van der Waals surface area contributed by atoms with Crippen molar-refractivity contribution in [1.29, 1.82) is 0 Å². The third-order valence-electron chi connectivity index (χ3n) is 5.32. The van der Waals surface area contributed by atoms with Crippen LogP contribution in [-0.4, -0.2) is 25.9 Å². The number of aromatic nitrogens is 4. The molecule has 26 heavy (non-hydrogen) atoms. The fourth-order valence-corrected chi connectivity index (χ4v) is 5.31. The Labute approximate surface area is 156 Å². The van der Waals surface area contributed by atoms with Crippen molar-refractivity contribution in [2.24, 2.45) is 7.05 Å². The van der Waals surface area contributed by atoms with Gasteiger partial charge >= 0.3 is 0 Å². The molecule has 2 aliphatic carbocycles. The van der Waals surface area contributed by atoms with Gasteiger partial charge in [0.1, 0.15) is 10.9 Å². The van der Waals surface area contributed by atoms with Crippen LogP contribution in [0.5, 0.6) is 5.88 Å². The minimum atomic E-state index is 0.282. The van der Waals surface area contributed by atoms with Gasteiger partial charge in [0.2, 0.25) is 11.8 Å². The number of nitrogens with zero attached hydrogens (tertiary/aromatic N) is 4. The Morgan fingerprint density at radius 1 is 1.15 bits per heavy atom.